The van der Waals surface area contributed by atoms with Gasteiger partial charge < -0.3 is 15.8 Å². The van der Waals surface area contributed by atoms with Crippen LogP contribution < -0.4 is 15.8 Å². The highest BCUT2D eigenvalue weighted by Crippen LogP contribution is 2.25. The molecule has 0 aliphatic carbocycles. The molecule has 0 radical (unpaired) electrons. The molecule has 1 atom stereocenters. The molecule has 0 spiro atoms. The summed E-state index contributed by atoms with van der Waals surface area (Å²) in [6, 6.07) is 13.0. The molecule has 2 aromatic rings. The number of methoxy groups -OCH3 is 1. The molecule has 0 aliphatic heterocycles. The van der Waals surface area contributed by atoms with E-state index in [1.165, 1.54) is 0 Å². The Labute approximate surface area is 128 Å². The Morgan fingerprint density at radius 1 is 1.24 bits per heavy atom. The lowest BCUT2D eigenvalue weighted by atomic mass is 10.1. The van der Waals surface area contributed by atoms with Gasteiger partial charge in [-0.1, -0.05) is 23.7 Å². The van der Waals surface area contributed by atoms with E-state index in [0.717, 1.165) is 17.0 Å². The Morgan fingerprint density at radius 3 is 2.48 bits per heavy atom. The first-order valence-electron chi connectivity index (χ1n) is 6.51. The van der Waals surface area contributed by atoms with E-state index in [9.17, 15) is 4.79 Å². The van der Waals surface area contributed by atoms with Crippen LogP contribution in [-0.2, 0) is 0 Å². The minimum Gasteiger partial charge on any atom is -0.497 e. The van der Waals surface area contributed by atoms with Crippen molar-refractivity contribution in [3.8, 4) is 5.75 Å². The zero-order valence-corrected chi connectivity index (χ0v) is 12.6. The third-order valence-electron chi connectivity index (χ3n) is 3.23. The molecule has 5 heteroatoms. The predicted octanol–water partition coefficient (Wildman–Crippen LogP) is 3.62. The second-order valence-corrected chi connectivity index (χ2v) is 5.11. The van der Waals surface area contributed by atoms with Gasteiger partial charge in [0.25, 0.3) is 0 Å². The Morgan fingerprint density at radius 2 is 1.90 bits per heavy atom. The summed E-state index contributed by atoms with van der Waals surface area (Å²) >= 11 is 5.94. The summed E-state index contributed by atoms with van der Waals surface area (Å²) in [7, 11) is 1.63. The Kier molecular flexibility index (Phi) is 4.70. The highest BCUT2D eigenvalue weighted by atomic mass is 35.5. The Balaban J connectivity index is 2.16. The first kappa shape index (κ1) is 15.2. The second-order valence-electron chi connectivity index (χ2n) is 4.70. The number of benzene rings is 2. The lowest BCUT2D eigenvalue weighted by Gasteiger charge is -2.17. The normalized spacial score (nSPS) is 11.8. The largest absolute Gasteiger partial charge is 0.497 e. The molecule has 0 saturated carbocycles. The minimum absolute atomic E-state index is 0.0674. The number of amides is 1. The van der Waals surface area contributed by atoms with Gasteiger partial charge in [0.15, 0.2) is 0 Å². The quantitative estimate of drug-likeness (QED) is 0.886. The summed E-state index contributed by atoms with van der Waals surface area (Å²) in [5.74, 6) is 0.272. The Bertz CT molecular complexity index is 641. The summed E-state index contributed by atoms with van der Waals surface area (Å²) in [5.41, 5.74) is 7.49. The molecule has 4 nitrogen and oxygen atoms in total. The maximum absolute atomic E-state index is 11.3. The van der Waals surface area contributed by atoms with Crippen molar-refractivity contribution in [2.75, 3.05) is 12.4 Å². The van der Waals surface area contributed by atoms with E-state index in [4.69, 9.17) is 22.1 Å². The summed E-state index contributed by atoms with van der Waals surface area (Å²) in [4.78, 5) is 11.3. The first-order valence-corrected chi connectivity index (χ1v) is 6.89. The highest BCUT2D eigenvalue weighted by molar-refractivity contribution is 6.33. The molecule has 21 heavy (non-hydrogen) atoms. The highest BCUT2D eigenvalue weighted by Gasteiger charge is 2.10. The van der Waals surface area contributed by atoms with E-state index in [1.54, 1.807) is 19.2 Å². The smallest absolute Gasteiger partial charge is 0.250 e. The summed E-state index contributed by atoms with van der Waals surface area (Å²) in [5, 5.41) is 3.66. The van der Waals surface area contributed by atoms with Crippen molar-refractivity contribution in [1.29, 1.82) is 0 Å². The van der Waals surface area contributed by atoms with Gasteiger partial charge in [-0.15, -0.1) is 0 Å². The van der Waals surface area contributed by atoms with E-state index >= 15 is 0 Å². The topological polar surface area (TPSA) is 64.3 Å². The van der Waals surface area contributed by atoms with Crippen LogP contribution in [0.15, 0.2) is 42.5 Å². The van der Waals surface area contributed by atoms with Gasteiger partial charge >= 0.3 is 0 Å². The second kappa shape index (κ2) is 6.50. The third kappa shape index (κ3) is 3.67. The number of hydrogen-bond donors (Lipinski definition) is 2. The van der Waals surface area contributed by atoms with Crippen LogP contribution in [0.5, 0.6) is 5.75 Å². The van der Waals surface area contributed by atoms with Crippen LogP contribution in [-0.4, -0.2) is 13.0 Å². The van der Waals surface area contributed by atoms with Crippen LogP contribution in [0.25, 0.3) is 0 Å². The van der Waals surface area contributed by atoms with E-state index < -0.39 is 5.91 Å². The summed E-state index contributed by atoms with van der Waals surface area (Å²) in [6.45, 7) is 2.03. The monoisotopic (exact) mass is 304 g/mol. The first-order chi connectivity index (χ1) is 10.0. The number of hydrogen-bond acceptors (Lipinski definition) is 3. The minimum atomic E-state index is -0.541. The van der Waals surface area contributed by atoms with Crippen molar-refractivity contribution in [3.05, 3.63) is 58.6 Å². The average Bonchev–Trinajstić information content (AvgIpc) is 2.49. The molecule has 0 saturated heterocycles. The van der Waals surface area contributed by atoms with Crippen molar-refractivity contribution in [1.82, 2.24) is 0 Å². The molecule has 0 bridgehead atoms. The number of primary amides is 1. The van der Waals surface area contributed by atoms with Crippen LogP contribution in [0.1, 0.15) is 28.9 Å². The van der Waals surface area contributed by atoms with E-state index in [1.807, 2.05) is 37.3 Å². The predicted molar refractivity (Wildman–Crippen MR) is 85.0 cm³/mol. The van der Waals surface area contributed by atoms with Crippen molar-refractivity contribution in [2.45, 2.75) is 13.0 Å². The van der Waals surface area contributed by atoms with Crippen LogP contribution in [0.4, 0.5) is 5.69 Å². The fourth-order valence-electron chi connectivity index (χ4n) is 2.03. The van der Waals surface area contributed by atoms with E-state index in [-0.39, 0.29) is 6.04 Å². The van der Waals surface area contributed by atoms with Gasteiger partial charge in [0.2, 0.25) is 5.91 Å². The number of ether oxygens (including phenoxy) is 1. The molecule has 1 unspecified atom stereocenters. The number of nitrogens with one attached hydrogen (secondary N) is 1. The van der Waals surface area contributed by atoms with E-state index in [2.05, 4.69) is 5.32 Å². The third-order valence-corrected chi connectivity index (χ3v) is 3.56. The molecule has 0 aliphatic rings. The zero-order valence-electron chi connectivity index (χ0n) is 11.9. The van der Waals surface area contributed by atoms with Crippen LogP contribution >= 0.6 is 11.6 Å². The Hall–Kier alpha value is -2.20. The molecular weight excluding hydrogens is 288 g/mol. The number of nitrogens with two attached hydrogens (primary N) is 1. The molecule has 110 valence electrons. The zero-order chi connectivity index (χ0) is 15.4. The molecule has 2 rings (SSSR count). The van der Waals surface area contributed by atoms with Gasteiger partial charge in [0.05, 0.1) is 17.7 Å². The molecule has 0 heterocycles. The van der Waals surface area contributed by atoms with Crippen molar-refractivity contribution in [3.63, 3.8) is 0 Å². The van der Waals surface area contributed by atoms with Crippen LogP contribution in [0.3, 0.4) is 0 Å². The SMILES string of the molecule is COc1ccc(C(C)Nc2ccc(Cl)c(C(N)=O)c2)cc1. The standard InChI is InChI=1S/C16H17ClN2O2/c1-10(11-3-6-13(21-2)7-4-11)19-12-5-8-15(17)14(9-12)16(18)20/h3-10,19H,1-2H3,(H2,18,20). The maximum Gasteiger partial charge on any atom is 0.250 e. The van der Waals surface area contributed by atoms with Gasteiger partial charge in [-0.05, 0) is 42.8 Å². The molecule has 3 N–H and O–H groups in total. The fourth-order valence-corrected chi connectivity index (χ4v) is 2.24. The average molecular weight is 305 g/mol. The molecule has 2 aromatic carbocycles. The summed E-state index contributed by atoms with van der Waals surface area (Å²) in [6.07, 6.45) is 0. The number of carbonyl (C=O) groups excluding carboxylic acids is 1. The molecule has 1 amide bonds. The van der Waals surface area contributed by atoms with Crippen molar-refractivity contribution >= 4 is 23.2 Å². The maximum atomic E-state index is 11.3. The fraction of sp³-hybridized carbons (Fsp3) is 0.188. The lowest BCUT2D eigenvalue weighted by molar-refractivity contribution is 0.100. The van der Waals surface area contributed by atoms with Crippen LogP contribution in [0, 0.1) is 0 Å². The van der Waals surface area contributed by atoms with Gasteiger partial charge in [-0.25, -0.2) is 0 Å². The lowest BCUT2D eigenvalue weighted by Crippen LogP contribution is -2.13. The molecule has 0 fully saturated rings. The summed E-state index contributed by atoms with van der Waals surface area (Å²) < 4.78 is 5.14. The van der Waals surface area contributed by atoms with Gasteiger partial charge in [-0.3, -0.25) is 4.79 Å². The van der Waals surface area contributed by atoms with E-state index in [0.29, 0.717) is 10.6 Å². The van der Waals surface area contributed by atoms with Gasteiger partial charge in [-0.2, -0.15) is 0 Å². The molecular formula is C16H17ClN2O2. The van der Waals surface area contributed by atoms with Crippen molar-refractivity contribution < 1.29 is 9.53 Å². The molecule has 0 aromatic heterocycles. The number of anilines is 1. The van der Waals surface area contributed by atoms with Gasteiger partial charge in [0, 0.05) is 11.7 Å². The van der Waals surface area contributed by atoms with Crippen LogP contribution in [0.2, 0.25) is 5.02 Å². The number of halogens is 1. The van der Waals surface area contributed by atoms with Gasteiger partial charge in [0.1, 0.15) is 5.75 Å². The number of carbonyl (C=O) groups is 1. The number of rotatable bonds is 5. The van der Waals surface area contributed by atoms with Crippen molar-refractivity contribution in [2.24, 2.45) is 5.73 Å².